The summed E-state index contributed by atoms with van der Waals surface area (Å²) < 4.78 is 0. The minimum atomic E-state index is -1.92. The number of carbonyl (C=O) groups is 2. The van der Waals surface area contributed by atoms with Crippen LogP contribution in [-0.4, -0.2) is 21.8 Å². The van der Waals surface area contributed by atoms with E-state index in [1.165, 1.54) is 11.1 Å². The molecule has 1 aliphatic heterocycles. The molecule has 0 fully saturated rings. The topological polar surface area (TPSA) is 70.5 Å². The van der Waals surface area contributed by atoms with Crippen LogP contribution in [0.3, 0.4) is 0 Å². The smallest absolute Gasteiger partial charge is 0.264 e. The van der Waals surface area contributed by atoms with E-state index >= 15 is 0 Å². The molecule has 140 valence electrons. The quantitative estimate of drug-likeness (QED) is 0.671. The number of halogens is 1. The Morgan fingerprint density at radius 3 is 2.46 bits per heavy atom. The Balaban J connectivity index is 1.68. The van der Waals surface area contributed by atoms with Crippen molar-refractivity contribution < 1.29 is 14.7 Å². The third kappa shape index (κ3) is 3.19. The van der Waals surface area contributed by atoms with E-state index in [0.29, 0.717) is 16.3 Å². The molecule has 0 saturated carbocycles. The Morgan fingerprint density at radius 2 is 1.75 bits per heavy atom. The number of fused-ring (bicyclic) bond motifs is 1. The van der Waals surface area contributed by atoms with E-state index in [4.69, 9.17) is 11.6 Å². The zero-order valence-electron chi connectivity index (χ0n) is 14.9. The second-order valence-corrected chi connectivity index (χ2v) is 7.15. The van der Waals surface area contributed by atoms with Crippen molar-refractivity contribution in [3.05, 3.63) is 94.8 Å². The Bertz CT molecular complexity index is 1040. The highest BCUT2D eigenvalue weighted by atomic mass is 35.5. The molecular weight excluding hydrogens is 376 g/mol. The fourth-order valence-corrected chi connectivity index (χ4v) is 3.58. The Kier molecular flexibility index (Phi) is 4.71. The molecule has 0 spiro atoms. The molecule has 1 N–H and O–H groups in total. The highest BCUT2D eigenvalue weighted by molar-refractivity contribution is 6.30. The predicted octanol–water partition coefficient (Wildman–Crippen LogP) is 3.74. The van der Waals surface area contributed by atoms with E-state index in [9.17, 15) is 14.7 Å². The van der Waals surface area contributed by atoms with Gasteiger partial charge in [-0.25, -0.2) is 0 Å². The van der Waals surface area contributed by atoms with Gasteiger partial charge in [0.15, 0.2) is 11.4 Å². The second kappa shape index (κ2) is 7.19. The van der Waals surface area contributed by atoms with Crippen LogP contribution in [0, 0.1) is 0 Å². The number of anilines is 1. The average Bonchev–Trinajstić information content (AvgIpc) is 2.92. The largest absolute Gasteiger partial charge is 0.375 e. The van der Waals surface area contributed by atoms with Crippen molar-refractivity contribution in [3.8, 4) is 0 Å². The minimum absolute atomic E-state index is 0.220. The third-order valence-corrected chi connectivity index (χ3v) is 5.11. The highest BCUT2D eigenvalue weighted by Crippen LogP contribution is 2.43. The van der Waals surface area contributed by atoms with Gasteiger partial charge in [0.2, 0.25) is 0 Å². The van der Waals surface area contributed by atoms with Gasteiger partial charge < -0.3 is 10.0 Å². The van der Waals surface area contributed by atoms with Crippen LogP contribution in [0.4, 0.5) is 5.69 Å². The SMILES string of the molecule is O=C(C[C@@]1(O)C(=O)N(Cc2ccc(Cl)cc2)c2ccccc21)c1ccccn1. The second-order valence-electron chi connectivity index (χ2n) is 6.71. The molecule has 0 unspecified atom stereocenters. The lowest BCUT2D eigenvalue weighted by Gasteiger charge is -2.22. The van der Waals surface area contributed by atoms with Crippen LogP contribution in [0.25, 0.3) is 0 Å². The summed E-state index contributed by atoms with van der Waals surface area (Å²) in [5, 5.41) is 11.9. The summed E-state index contributed by atoms with van der Waals surface area (Å²) >= 11 is 5.93. The van der Waals surface area contributed by atoms with Crippen molar-refractivity contribution in [2.24, 2.45) is 0 Å². The average molecular weight is 393 g/mol. The van der Waals surface area contributed by atoms with Gasteiger partial charge in [-0.3, -0.25) is 14.6 Å². The first-order valence-corrected chi connectivity index (χ1v) is 9.19. The summed E-state index contributed by atoms with van der Waals surface area (Å²) in [5.41, 5.74) is 0.194. The van der Waals surface area contributed by atoms with E-state index in [2.05, 4.69) is 4.98 Å². The monoisotopic (exact) mass is 392 g/mol. The molecule has 5 nitrogen and oxygen atoms in total. The first-order chi connectivity index (χ1) is 13.5. The van der Waals surface area contributed by atoms with Crippen LogP contribution in [0.15, 0.2) is 72.9 Å². The van der Waals surface area contributed by atoms with Crippen molar-refractivity contribution in [2.45, 2.75) is 18.6 Å². The minimum Gasteiger partial charge on any atom is -0.375 e. The summed E-state index contributed by atoms with van der Waals surface area (Å²) in [6.45, 7) is 0.271. The van der Waals surface area contributed by atoms with Crippen LogP contribution in [-0.2, 0) is 16.9 Å². The summed E-state index contributed by atoms with van der Waals surface area (Å²) in [4.78, 5) is 31.4. The number of Topliss-reactive ketones (excluding diaryl/α,β-unsaturated/α-hetero) is 1. The van der Waals surface area contributed by atoms with Gasteiger partial charge in [0.25, 0.3) is 5.91 Å². The fraction of sp³-hybridized carbons (Fsp3) is 0.136. The number of hydrogen-bond donors (Lipinski definition) is 1. The van der Waals surface area contributed by atoms with Gasteiger partial charge in [-0.05, 0) is 35.9 Å². The number of para-hydroxylation sites is 1. The Labute approximate surface area is 167 Å². The number of rotatable bonds is 5. The zero-order chi connectivity index (χ0) is 19.7. The number of benzene rings is 2. The van der Waals surface area contributed by atoms with Gasteiger partial charge in [-0.15, -0.1) is 0 Å². The maximum atomic E-state index is 13.2. The molecule has 1 atom stereocenters. The number of amides is 1. The molecule has 0 bridgehead atoms. The van der Waals surface area contributed by atoms with E-state index in [1.807, 2.05) is 12.1 Å². The highest BCUT2D eigenvalue weighted by Gasteiger charge is 2.50. The normalized spacial score (nSPS) is 18.2. The summed E-state index contributed by atoms with van der Waals surface area (Å²) in [7, 11) is 0. The van der Waals surface area contributed by atoms with Gasteiger partial charge in [-0.1, -0.05) is 48.0 Å². The van der Waals surface area contributed by atoms with Gasteiger partial charge in [0.1, 0.15) is 5.69 Å². The number of pyridine rings is 1. The van der Waals surface area contributed by atoms with E-state index in [1.54, 1.807) is 54.6 Å². The van der Waals surface area contributed by atoms with Gasteiger partial charge >= 0.3 is 0 Å². The lowest BCUT2D eigenvalue weighted by atomic mass is 9.89. The predicted molar refractivity (Wildman–Crippen MR) is 106 cm³/mol. The van der Waals surface area contributed by atoms with Gasteiger partial charge in [0, 0.05) is 16.8 Å². The summed E-state index contributed by atoms with van der Waals surface area (Å²) in [6.07, 6.45) is 1.14. The van der Waals surface area contributed by atoms with E-state index in [-0.39, 0.29) is 24.4 Å². The van der Waals surface area contributed by atoms with Crippen molar-refractivity contribution >= 4 is 29.0 Å². The van der Waals surface area contributed by atoms with Gasteiger partial charge in [-0.2, -0.15) is 0 Å². The van der Waals surface area contributed by atoms with Crippen LogP contribution < -0.4 is 4.90 Å². The first-order valence-electron chi connectivity index (χ1n) is 8.81. The molecule has 1 aromatic heterocycles. The Hall–Kier alpha value is -3.02. The van der Waals surface area contributed by atoms with Gasteiger partial charge in [0.05, 0.1) is 18.7 Å². The lowest BCUT2D eigenvalue weighted by Crippen LogP contribution is -2.41. The van der Waals surface area contributed by atoms with Crippen LogP contribution >= 0.6 is 11.6 Å². The van der Waals surface area contributed by atoms with Crippen molar-refractivity contribution in [1.82, 2.24) is 4.98 Å². The molecule has 1 amide bonds. The molecule has 2 aromatic carbocycles. The molecule has 3 aromatic rings. The number of aliphatic hydroxyl groups is 1. The number of carbonyl (C=O) groups excluding carboxylic acids is 2. The van der Waals surface area contributed by atoms with Crippen LogP contribution in [0.1, 0.15) is 28.0 Å². The standard InChI is InChI=1S/C22H17ClN2O3/c23-16-10-8-15(9-11-16)14-25-19-7-2-1-5-17(19)22(28,21(25)27)13-20(26)18-6-3-4-12-24-18/h1-12,28H,13-14H2/t22-/m0/s1. The molecule has 2 heterocycles. The maximum Gasteiger partial charge on any atom is 0.264 e. The Morgan fingerprint density at radius 1 is 1.04 bits per heavy atom. The summed E-state index contributed by atoms with van der Waals surface area (Å²) in [6, 6.07) is 19.1. The maximum absolute atomic E-state index is 13.2. The molecule has 4 rings (SSSR count). The van der Waals surface area contributed by atoms with Crippen molar-refractivity contribution in [1.29, 1.82) is 0 Å². The number of hydrogen-bond acceptors (Lipinski definition) is 4. The third-order valence-electron chi connectivity index (χ3n) is 4.86. The molecule has 0 aliphatic carbocycles. The molecule has 6 heteroatoms. The lowest BCUT2D eigenvalue weighted by molar-refractivity contribution is -0.136. The zero-order valence-corrected chi connectivity index (χ0v) is 15.6. The van der Waals surface area contributed by atoms with Crippen molar-refractivity contribution in [2.75, 3.05) is 4.90 Å². The number of aromatic nitrogens is 1. The first kappa shape index (κ1) is 18.3. The van der Waals surface area contributed by atoms with E-state index in [0.717, 1.165) is 5.56 Å². The van der Waals surface area contributed by atoms with Crippen LogP contribution in [0.5, 0.6) is 0 Å². The molecule has 28 heavy (non-hydrogen) atoms. The number of ketones is 1. The molecule has 1 aliphatic rings. The van der Waals surface area contributed by atoms with E-state index < -0.39 is 11.5 Å². The molecule has 0 radical (unpaired) electrons. The fourth-order valence-electron chi connectivity index (χ4n) is 3.46. The molecular formula is C22H17ClN2O3. The van der Waals surface area contributed by atoms with Crippen molar-refractivity contribution in [3.63, 3.8) is 0 Å². The van der Waals surface area contributed by atoms with Crippen LogP contribution in [0.2, 0.25) is 5.02 Å². The number of nitrogens with zero attached hydrogens (tertiary/aromatic N) is 2. The summed E-state index contributed by atoms with van der Waals surface area (Å²) in [5.74, 6) is -0.910. The molecule has 0 saturated heterocycles.